The fourth-order valence-corrected chi connectivity index (χ4v) is 2.13. The van der Waals surface area contributed by atoms with Gasteiger partial charge in [0.1, 0.15) is 0 Å². The molecule has 0 aromatic rings. The Morgan fingerprint density at radius 1 is 1.11 bits per heavy atom. The summed E-state index contributed by atoms with van der Waals surface area (Å²) in [5.74, 6) is 0. The van der Waals surface area contributed by atoms with Crippen LogP contribution in [-0.4, -0.2) is 37.6 Å². The molecule has 0 amide bonds. The normalized spacial score (nSPS) is 16.9. The molecule has 0 saturated carbocycles. The first kappa shape index (κ1) is 9.45. The van der Waals surface area contributed by atoms with Crippen molar-refractivity contribution in [3.05, 3.63) is 0 Å². The molecule has 2 unspecified atom stereocenters. The minimum atomic E-state index is -0.184. The van der Waals surface area contributed by atoms with Gasteiger partial charge in [-0.15, -0.1) is 0 Å². The number of aliphatic hydroxyl groups is 2. The van der Waals surface area contributed by atoms with E-state index in [-0.39, 0.29) is 27.4 Å². The molecule has 0 saturated heterocycles. The summed E-state index contributed by atoms with van der Waals surface area (Å²) in [5, 5.41) is 19.5. The van der Waals surface area contributed by atoms with Crippen molar-refractivity contribution in [3.8, 4) is 0 Å². The van der Waals surface area contributed by atoms with Crippen molar-refractivity contribution < 1.29 is 10.2 Å². The molecule has 0 rings (SSSR count). The molecule has 2 nitrogen and oxygen atoms in total. The smallest absolute Gasteiger partial charge is 0.245 e. The van der Waals surface area contributed by atoms with Gasteiger partial charge < -0.3 is 10.2 Å². The highest BCUT2D eigenvalue weighted by molar-refractivity contribution is 6.35. The molecule has 0 radical (unpaired) electrons. The van der Waals surface area contributed by atoms with Gasteiger partial charge in [0.2, 0.25) is 15.2 Å². The van der Waals surface area contributed by atoms with Crippen molar-refractivity contribution in [2.24, 2.45) is 0 Å². The first-order chi connectivity index (χ1) is 4.13. The predicted molar refractivity (Wildman–Crippen MR) is 40.1 cm³/mol. The third-order valence-electron chi connectivity index (χ3n) is 1.24. The maximum Gasteiger partial charge on any atom is 0.245 e. The van der Waals surface area contributed by atoms with Gasteiger partial charge in [-0.1, -0.05) is 10.6 Å². The maximum absolute atomic E-state index is 8.82. The van der Waals surface area contributed by atoms with Crippen LogP contribution >= 0.6 is 0 Å². The van der Waals surface area contributed by atoms with E-state index in [0.29, 0.717) is 0 Å². The fraction of sp³-hybridized carbons (Fsp3) is 1.00. The van der Waals surface area contributed by atoms with Crippen LogP contribution < -0.4 is 0 Å². The summed E-state index contributed by atoms with van der Waals surface area (Å²) < 4.78 is 0. The standard InChI is InChI=1S/2C3H7O.Al.H/c2*1-3(2)4;;/h2*3-4H,1H2,2H3;;. The van der Waals surface area contributed by atoms with Gasteiger partial charge in [0.15, 0.2) is 0 Å². The van der Waals surface area contributed by atoms with Crippen molar-refractivity contribution in [2.75, 3.05) is 0 Å². The summed E-state index contributed by atoms with van der Waals surface area (Å²) in [6.45, 7) is 3.60. The fourth-order valence-electron chi connectivity index (χ4n) is 0.709. The number of hydrogen-bond donors (Lipinski definition) is 2. The van der Waals surface area contributed by atoms with Gasteiger partial charge in [-0.2, -0.15) is 0 Å². The second kappa shape index (κ2) is 5.25. The minimum absolute atomic E-state index is 0.157. The van der Waals surface area contributed by atoms with Gasteiger partial charge in [0.25, 0.3) is 0 Å². The van der Waals surface area contributed by atoms with Crippen molar-refractivity contribution >= 4 is 15.2 Å². The Morgan fingerprint density at radius 3 is 1.67 bits per heavy atom. The zero-order valence-corrected chi connectivity index (χ0v) is 7.58. The summed E-state index contributed by atoms with van der Waals surface area (Å²) in [5.41, 5.74) is 0. The summed E-state index contributed by atoms with van der Waals surface area (Å²) in [6, 6.07) is 0. The molecule has 2 atom stereocenters. The Balaban J connectivity index is 2.91. The molecule has 54 valence electrons. The first-order valence-corrected chi connectivity index (χ1v) is 5.49. The lowest BCUT2D eigenvalue weighted by Gasteiger charge is -2.02. The van der Waals surface area contributed by atoms with E-state index in [9.17, 15) is 0 Å². The van der Waals surface area contributed by atoms with E-state index >= 15 is 0 Å². The second-order valence-electron chi connectivity index (χ2n) is 2.63. The van der Waals surface area contributed by atoms with Crippen LogP contribution in [0.15, 0.2) is 0 Å². The van der Waals surface area contributed by atoms with Gasteiger partial charge in [0.05, 0.1) is 0 Å². The number of hydrogen-bond acceptors (Lipinski definition) is 2. The Hall–Kier alpha value is 0.452. The monoisotopic (exact) mass is 146 g/mol. The highest BCUT2D eigenvalue weighted by atomic mass is 27.1. The van der Waals surface area contributed by atoms with Crippen molar-refractivity contribution in [2.45, 2.75) is 36.6 Å². The molecule has 0 aromatic carbocycles. The van der Waals surface area contributed by atoms with E-state index in [2.05, 4.69) is 0 Å². The SMILES string of the molecule is CC(O)[CH2][AlH][CH2]C(C)O. The minimum Gasteiger partial charge on any atom is -0.395 e. The molecule has 0 heterocycles. The van der Waals surface area contributed by atoms with Gasteiger partial charge in [-0.05, 0) is 13.8 Å². The van der Waals surface area contributed by atoms with Crippen LogP contribution in [0.4, 0.5) is 0 Å². The Labute approximate surface area is 62.6 Å². The quantitative estimate of drug-likeness (QED) is 0.549. The molecule has 0 aromatic heterocycles. The Kier molecular flexibility index (Phi) is 5.52. The summed E-state index contributed by atoms with van der Waals surface area (Å²) in [6.07, 6.45) is -0.314. The van der Waals surface area contributed by atoms with Gasteiger partial charge in [0, 0.05) is 12.2 Å². The van der Waals surface area contributed by atoms with E-state index in [1.807, 2.05) is 0 Å². The van der Waals surface area contributed by atoms with Crippen LogP contribution in [0, 0.1) is 0 Å². The lowest BCUT2D eigenvalue weighted by atomic mass is 10.5. The van der Waals surface area contributed by atoms with E-state index in [4.69, 9.17) is 10.2 Å². The molecular formula is C6H15AlO2. The largest absolute Gasteiger partial charge is 0.395 e. The van der Waals surface area contributed by atoms with E-state index in [1.54, 1.807) is 13.8 Å². The molecular weight excluding hydrogens is 131 g/mol. The van der Waals surface area contributed by atoms with Crippen molar-refractivity contribution in [3.63, 3.8) is 0 Å². The number of aliphatic hydroxyl groups excluding tert-OH is 2. The molecule has 0 fully saturated rings. The van der Waals surface area contributed by atoms with Crippen LogP contribution in [-0.2, 0) is 0 Å². The van der Waals surface area contributed by atoms with Gasteiger partial charge in [-0.3, -0.25) is 0 Å². The summed E-state index contributed by atoms with van der Waals surface area (Å²) in [7, 11) is 0. The lowest BCUT2D eigenvalue weighted by molar-refractivity contribution is 0.207. The highest BCUT2D eigenvalue weighted by Crippen LogP contribution is 1.95. The highest BCUT2D eigenvalue weighted by Gasteiger charge is 2.01. The van der Waals surface area contributed by atoms with Crippen LogP contribution in [0.2, 0.25) is 10.6 Å². The van der Waals surface area contributed by atoms with Crippen LogP contribution in [0.25, 0.3) is 0 Å². The molecule has 0 spiro atoms. The van der Waals surface area contributed by atoms with E-state index in [1.165, 1.54) is 0 Å². The van der Waals surface area contributed by atoms with E-state index in [0.717, 1.165) is 10.6 Å². The van der Waals surface area contributed by atoms with Crippen LogP contribution in [0.1, 0.15) is 13.8 Å². The zero-order valence-electron chi connectivity index (χ0n) is 6.17. The van der Waals surface area contributed by atoms with Crippen LogP contribution in [0.3, 0.4) is 0 Å². The lowest BCUT2D eigenvalue weighted by Crippen LogP contribution is -2.09. The molecule has 0 bridgehead atoms. The summed E-state index contributed by atoms with van der Waals surface area (Å²) >= 11 is -0.184. The zero-order chi connectivity index (χ0) is 7.28. The van der Waals surface area contributed by atoms with E-state index < -0.39 is 0 Å². The Morgan fingerprint density at radius 2 is 1.44 bits per heavy atom. The second-order valence-corrected chi connectivity index (χ2v) is 4.49. The predicted octanol–water partition coefficient (Wildman–Crippen LogP) is 0.0211. The molecule has 2 N–H and O–H groups in total. The van der Waals surface area contributed by atoms with Crippen molar-refractivity contribution in [1.82, 2.24) is 0 Å². The molecule has 9 heavy (non-hydrogen) atoms. The molecule has 3 heteroatoms. The first-order valence-electron chi connectivity index (χ1n) is 3.49. The average molecular weight is 146 g/mol. The number of rotatable bonds is 4. The van der Waals surface area contributed by atoms with Gasteiger partial charge in [-0.25, -0.2) is 0 Å². The third-order valence-corrected chi connectivity index (χ3v) is 3.73. The van der Waals surface area contributed by atoms with Crippen LogP contribution in [0.5, 0.6) is 0 Å². The molecule has 0 aliphatic heterocycles. The molecule has 0 aliphatic carbocycles. The maximum atomic E-state index is 8.82. The van der Waals surface area contributed by atoms with Crippen molar-refractivity contribution in [1.29, 1.82) is 0 Å². The molecule has 0 aliphatic rings. The summed E-state index contributed by atoms with van der Waals surface area (Å²) in [4.78, 5) is 0. The topological polar surface area (TPSA) is 40.5 Å². The third kappa shape index (κ3) is 8.45. The average Bonchev–Trinajstić information content (AvgIpc) is 1.63. The Bertz CT molecular complexity index is 56.1. The van der Waals surface area contributed by atoms with Gasteiger partial charge >= 0.3 is 0 Å².